The summed E-state index contributed by atoms with van der Waals surface area (Å²) in [6.07, 6.45) is 2.60. The highest BCUT2D eigenvalue weighted by Crippen LogP contribution is 2.10. The van der Waals surface area contributed by atoms with Gasteiger partial charge in [0.2, 0.25) is 5.91 Å². The maximum absolute atomic E-state index is 12.0. The molecule has 1 atom stereocenters. The number of carbonyl (C=O) groups excluding carboxylic acids is 1. The fourth-order valence-corrected chi connectivity index (χ4v) is 1.91. The molecular formula is C12H18N6O2. The Labute approximate surface area is 116 Å². The number of nitrogens with zero attached hydrogens (tertiary/aromatic N) is 5. The van der Waals surface area contributed by atoms with Gasteiger partial charge in [-0.3, -0.25) is 4.79 Å². The van der Waals surface area contributed by atoms with Gasteiger partial charge >= 0.3 is 0 Å². The average Bonchev–Trinajstić information content (AvgIpc) is 3.00. The van der Waals surface area contributed by atoms with Crippen molar-refractivity contribution in [1.29, 1.82) is 0 Å². The predicted octanol–water partition coefficient (Wildman–Crippen LogP) is 0.799. The number of amides is 1. The summed E-state index contributed by atoms with van der Waals surface area (Å²) < 4.78 is 6.37. The molecule has 20 heavy (non-hydrogen) atoms. The van der Waals surface area contributed by atoms with E-state index in [1.807, 2.05) is 6.92 Å². The molecule has 2 aromatic rings. The molecule has 0 saturated carbocycles. The molecule has 0 aliphatic heterocycles. The van der Waals surface area contributed by atoms with Crippen molar-refractivity contribution >= 4 is 5.91 Å². The molecule has 0 aromatic carbocycles. The molecule has 1 amide bonds. The van der Waals surface area contributed by atoms with Gasteiger partial charge in [0.1, 0.15) is 23.5 Å². The molecule has 8 nitrogen and oxygen atoms in total. The van der Waals surface area contributed by atoms with Crippen LogP contribution < -0.4 is 5.32 Å². The summed E-state index contributed by atoms with van der Waals surface area (Å²) in [7, 11) is 0. The zero-order valence-corrected chi connectivity index (χ0v) is 11.8. The minimum absolute atomic E-state index is 0.140. The van der Waals surface area contributed by atoms with E-state index in [4.69, 9.17) is 0 Å². The van der Waals surface area contributed by atoms with Gasteiger partial charge in [-0.05, 0) is 20.3 Å². The second kappa shape index (κ2) is 6.27. The molecule has 0 saturated heterocycles. The van der Waals surface area contributed by atoms with E-state index >= 15 is 0 Å². The van der Waals surface area contributed by atoms with E-state index in [-0.39, 0.29) is 18.4 Å². The molecule has 0 spiro atoms. The number of aryl methyl sites for hydroxylation is 2. The molecule has 0 aliphatic carbocycles. The fraction of sp³-hybridized carbons (Fsp3) is 0.583. The lowest BCUT2D eigenvalue weighted by Gasteiger charge is -2.13. The van der Waals surface area contributed by atoms with Crippen LogP contribution in [0.2, 0.25) is 0 Å². The molecule has 0 bridgehead atoms. The summed E-state index contributed by atoms with van der Waals surface area (Å²) >= 11 is 0. The number of rotatable bonds is 6. The number of carbonyl (C=O) groups is 1. The first-order chi connectivity index (χ1) is 9.61. The van der Waals surface area contributed by atoms with E-state index < -0.39 is 0 Å². The van der Waals surface area contributed by atoms with E-state index in [1.165, 1.54) is 6.33 Å². The average molecular weight is 278 g/mol. The van der Waals surface area contributed by atoms with Crippen LogP contribution in [0.25, 0.3) is 0 Å². The third-order valence-electron chi connectivity index (χ3n) is 2.92. The zero-order valence-electron chi connectivity index (χ0n) is 11.8. The van der Waals surface area contributed by atoms with E-state index in [0.717, 1.165) is 18.8 Å². The summed E-state index contributed by atoms with van der Waals surface area (Å²) in [5.74, 6) is 0.595. The lowest BCUT2D eigenvalue weighted by molar-refractivity contribution is -0.121. The minimum atomic E-state index is -0.211. The van der Waals surface area contributed by atoms with E-state index in [0.29, 0.717) is 11.4 Å². The van der Waals surface area contributed by atoms with Gasteiger partial charge in [0.25, 0.3) is 0 Å². The first kappa shape index (κ1) is 14.2. The van der Waals surface area contributed by atoms with E-state index in [9.17, 15) is 4.79 Å². The van der Waals surface area contributed by atoms with E-state index in [2.05, 4.69) is 37.3 Å². The Morgan fingerprint density at radius 3 is 2.95 bits per heavy atom. The molecular weight excluding hydrogens is 260 g/mol. The van der Waals surface area contributed by atoms with Gasteiger partial charge in [0.15, 0.2) is 0 Å². The van der Waals surface area contributed by atoms with Gasteiger partial charge in [-0.25, -0.2) is 14.3 Å². The molecule has 0 radical (unpaired) electrons. The topological polar surface area (TPSA) is 98.7 Å². The van der Waals surface area contributed by atoms with Crippen molar-refractivity contribution in [2.45, 2.75) is 46.2 Å². The number of hydrogen-bond acceptors (Lipinski definition) is 6. The molecule has 2 aromatic heterocycles. The Bertz CT molecular complexity index is 576. The lowest BCUT2D eigenvalue weighted by Crippen LogP contribution is -2.30. The molecule has 1 unspecified atom stereocenters. The fourth-order valence-electron chi connectivity index (χ4n) is 1.91. The standard InChI is InChI=1S/C12H18N6O2/c1-4-5-18-12(13-7-14-18)9(3)15-11(19)6-10-8(2)16-20-17-10/h7,9H,4-6H2,1-3H3,(H,15,19). The quantitative estimate of drug-likeness (QED) is 0.839. The lowest BCUT2D eigenvalue weighted by atomic mass is 10.2. The van der Waals surface area contributed by atoms with Crippen molar-refractivity contribution < 1.29 is 9.42 Å². The maximum atomic E-state index is 12.0. The monoisotopic (exact) mass is 278 g/mol. The van der Waals surface area contributed by atoms with Crippen LogP contribution in [0.15, 0.2) is 11.0 Å². The Morgan fingerprint density at radius 1 is 1.50 bits per heavy atom. The second-order valence-electron chi connectivity index (χ2n) is 4.60. The SMILES string of the molecule is CCCn1ncnc1C(C)NC(=O)Cc1nonc1C. The van der Waals surface area contributed by atoms with Crippen LogP contribution in [0.3, 0.4) is 0 Å². The molecule has 0 fully saturated rings. The van der Waals surface area contributed by atoms with Gasteiger partial charge < -0.3 is 5.32 Å². The minimum Gasteiger partial charge on any atom is -0.346 e. The Balaban J connectivity index is 1.97. The Kier molecular flexibility index (Phi) is 4.44. The van der Waals surface area contributed by atoms with Gasteiger partial charge in [0, 0.05) is 6.54 Å². The highest BCUT2D eigenvalue weighted by atomic mass is 16.6. The zero-order chi connectivity index (χ0) is 14.5. The van der Waals surface area contributed by atoms with Gasteiger partial charge in [-0.2, -0.15) is 5.10 Å². The third-order valence-corrected chi connectivity index (χ3v) is 2.92. The normalized spacial score (nSPS) is 12.3. The van der Waals surface area contributed by atoms with Crippen molar-refractivity contribution in [1.82, 2.24) is 30.4 Å². The van der Waals surface area contributed by atoms with E-state index in [1.54, 1.807) is 11.6 Å². The molecule has 0 aliphatic rings. The summed E-state index contributed by atoms with van der Waals surface area (Å²) in [5, 5.41) is 14.4. The van der Waals surface area contributed by atoms with Crippen LogP contribution in [0.1, 0.15) is 43.5 Å². The summed E-state index contributed by atoms with van der Waals surface area (Å²) in [6.45, 7) is 6.47. The molecule has 2 heterocycles. The van der Waals surface area contributed by atoms with Crippen molar-refractivity contribution in [3.05, 3.63) is 23.5 Å². The Morgan fingerprint density at radius 2 is 2.30 bits per heavy atom. The number of hydrogen-bond donors (Lipinski definition) is 1. The van der Waals surface area contributed by atoms with Crippen LogP contribution in [-0.4, -0.2) is 31.0 Å². The van der Waals surface area contributed by atoms with Gasteiger partial charge in [-0.15, -0.1) is 0 Å². The second-order valence-corrected chi connectivity index (χ2v) is 4.60. The van der Waals surface area contributed by atoms with Gasteiger partial charge in [0.05, 0.1) is 12.5 Å². The molecule has 8 heteroatoms. The molecule has 2 rings (SSSR count). The van der Waals surface area contributed by atoms with Crippen LogP contribution >= 0.6 is 0 Å². The van der Waals surface area contributed by atoms with Crippen LogP contribution in [0, 0.1) is 6.92 Å². The number of nitrogens with one attached hydrogen (secondary N) is 1. The highest BCUT2D eigenvalue weighted by molar-refractivity contribution is 5.78. The highest BCUT2D eigenvalue weighted by Gasteiger charge is 2.17. The first-order valence-corrected chi connectivity index (χ1v) is 6.57. The first-order valence-electron chi connectivity index (χ1n) is 6.57. The van der Waals surface area contributed by atoms with Crippen molar-refractivity contribution in [3.63, 3.8) is 0 Å². The van der Waals surface area contributed by atoms with Crippen LogP contribution in [0.5, 0.6) is 0 Å². The maximum Gasteiger partial charge on any atom is 0.226 e. The summed E-state index contributed by atoms with van der Waals surface area (Å²) in [5.41, 5.74) is 1.17. The number of aromatic nitrogens is 5. The van der Waals surface area contributed by atoms with Crippen LogP contribution in [-0.2, 0) is 17.8 Å². The van der Waals surface area contributed by atoms with Crippen molar-refractivity contribution in [2.75, 3.05) is 0 Å². The molecule has 108 valence electrons. The summed E-state index contributed by atoms with van der Waals surface area (Å²) in [4.78, 5) is 16.2. The predicted molar refractivity (Wildman–Crippen MR) is 69.6 cm³/mol. The van der Waals surface area contributed by atoms with Gasteiger partial charge in [-0.1, -0.05) is 17.2 Å². The third kappa shape index (κ3) is 3.19. The Hall–Kier alpha value is -2.25. The molecule has 1 N–H and O–H groups in total. The largest absolute Gasteiger partial charge is 0.346 e. The summed E-state index contributed by atoms with van der Waals surface area (Å²) in [6, 6.07) is -0.211. The van der Waals surface area contributed by atoms with Crippen LogP contribution in [0.4, 0.5) is 0 Å². The van der Waals surface area contributed by atoms with Crippen molar-refractivity contribution in [2.24, 2.45) is 0 Å². The smallest absolute Gasteiger partial charge is 0.226 e. The van der Waals surface area contributed by atoms with Crippen molar-refractivity contribution in [3.8, 4) is 0 Å².